The van der Waals surface area contributed by atoms with Gasteiger partial charge in [0.05, 0.1) is 41.6 Å². The molecule has 5 nitrogen and oxygen atoms in total. The second kappa shape index (κ2) is 17.0. The number of benzene rings is 2. The lowest BCUT2D eigenvalue weighted by atomic mass is 9.69. The standard InChI is InChI=1S/C42H62O5Si2/c1-11-46-39-33(21-17-23-35(39)48(5,6)7)41(27-15-13-25-37(41)43-3)29-19-31-45-32-20-30-42(28-16-14-26-38(42)44-4)34-22-18-24-36(49(8,9)10)40(34)47-12-2/h13-18,21-28,37-38H,11-12,19-20,29-32H2,1-10H3. The number of allylic oxidation sites excluding steroid dienone is 4. The maximum atomic E-state index is 6.46. The fraction of sp³-hybridized carbons (Fsp3) is 0.524. The first-order valence-corrected chi connectivity index (χ1v) is 25.3. The molecule has 2 aromatic rings. The minimum absolute atomic E-state index is 0.0861. The normalized spacial score (nSPS) is 23.6. The first-order valence-electron chi connectivity index (χ1n) is 18.3. The summed E-state index contributed by atoms with van der Waals surface area (Å²) in [5, 5.41) is 2.72. The largest absolute Gasteiger partial charge is 0.494 e. The first kappa shape index (κ1) is 39.1. The quantitative estimate of drug-likeness (QED) is 0.115. The Labute approximate surface area is 299 Å². The highest BCUT2D eigenvalue weighted by Crippen LogP contribution is 2.45. The van der Waals surface area contributed by atoms with Gasteiger partial charge in [-0.1, -0.05) is 124 Å². The van der Waals surface area contributed by atoms with Crippen molar-refractivity contribution in [3.8, 4) is 11.5 Å². The van der Waals surface area contributed by atoms with Gasteiger partial charge in [-0.15, -0.1) is 0 Å². The van der Waals surface area contributed by atoms with Crippen molar-refractivity contribution in [1.82, 2.24) is 0 Å². The number of rotatable bonds is 18. The van der Waals surface area contributed by atoms with Crippen LogP contribution in [-0.4, -0.2) is 69.0 Å². The van der Waals surface area contributed by atoms with Gasteiger partial charge in [0.1, 0.15) is 11.5 Å². The summed E-state index contributed by atoms with van der Waals surface area (Å²) in [5.74, 6) is 2.09. The average Bonchev–Trinajstić information content (AvgIpc) is 3.07. The van der Waals surface area contributed by atoms with Crippen molar-refractivity contribution in [2.45, 2.75) is 102 Å². The van der Waals surface area contributed by atoms with Gasteiger partial charge in [0.15, 0.2) is 0 Å². The summed E-state index contributed by atoms with van der Waals surface area (Å²) in [6.45, 7) is 21.1. The summed E-state index contributed by atoms with van der Waals surface area (Å²) in [4.78, 5) is 0. The molecule has 2 aliphatic carbocycles. The van der Waals surface area contributed by atoms with Crippen molar-refractivity contribution in [3.63, 3.8) is 0 Å². The predicted octanol–water partition coefficient (Wildman–Crippen LogP) is 8.61. The van der Waals surface area contributed by atoms with Crippen LogP contribution in [0.4, 0.5) is 0 Å². The molecule has 0 bridgehead atoms. The van der Waals surface area contributed by atoms with Gasteiger partial charge >= 0.3 is 0 Å². The molecule has 0 fully saturated rings. The number of hydrogen-bond acceptors (Lipinski definition) is 5. The van der Waals surface area contributed by atoms with Crippen LogP contribution >= 0.6 is 0 Å². The molecule has 0 saturated heterocycles. The second-order valence-corrected chi connectivity index (χ2v) is 25.5. The van der Waals surface area contributed by atoms with Gasteiger partial charge in [-0.05, 0) is 49.9 Å². The van der Waals surface area contributed by atoms with Crippen LogP contribution in [0.5, 0.6) is 11.5 Å². The number of para-hydroxylation sites is 2. The summed E-state index contributed by atoms with van der Waals surface area (Å²) in [6.07, 6.45) is 21.0. The van der Waals surface area contributed by atoms with Gasteiger partial charge < -0.3 is 23.7 Å². The Morgan fingerprint density at radius 2 is 1.00 bits per heavy atom. The molecule has 7 heteroatoms. The summed E-state index contributed by atoms with van der Waals surface area (Å²) < 4.78 is 31.6. The van der Waals surface area contributed by atoms with Gasteiger partial charge in [-0.2, -0.15) is 0 Å². The third-order valence-electron chi connectivity index (χ3n) is 10.1. The molecule has 0 saturated carbocycles. The molecule has 2 aliphatic rings. The van der Waals surface area contributed by atoms with Gasteiger partial charge in [0.25, 0.3) is 0 Å². The summed E-state index contributed by atoms with van der Waals surface area (Å²) in [5.41, 5.74) is 1.77. The van der Waals surface area contributed by atoms with Crippen LogP contribution in [0.1, 0.15) is 50.7 Å². The topological polar surface area (TPSA) is 46.2 Å². The maximum Gasteiger partial charge on any atom is 0.122 e. The minimum atomic E-state index is -1.66. The lowest BCUT2D eigenvalue weighted by Gasteiger charge is -2.40. The highest BCUT2D eigenvalue weighted by atomic mass is 28.3. The van der Waals surface area contributed by atoms with E-state index in [0.29, 0.717) is 26.4 Å². The Morgan fingerprint density at radius 3 is 1.35 bits per heavy atom. The van der Waals surface area contributed by atoms with Crippen molar-refractivity contribution in [3.05, 3.63) is 96.1 Å². The van der Waals surface area contributed by atoms with Crippen molar-refractivity contribution in [2.24, 2.45) is 0 Å². The van der Waals surface area contributed by atoms with E-state index in [-0.39, 0.29) is 23.0 Å². The number of hydrogen-bond donors (Lipinski definition) is 0. The molecule has 0 heterocycles. The molecule has 49 heavy (non-hydrogen) atoms. The highest BCUT2D eigenvalue weighted by Gasteiger charge is 2.43. The molecule has 0 N–H and O–H groups in total. The Hall–Kier alpha value is -2.69. The third kappa shape index (κ3) is 8.62. The fourth-order valence-electron chi connectivity index (χ4n) is 7.73. The summed E-state index contributed by atoms with van der Waals surface area (Å²) in [7, 11) is 0.314. The van der Waals surface area contributed by atoms with Crippen molar-refractivity contribution < 1.29 is 23.7 Å². The molecular weight excluding hydrogens is 641 g/mol. The summed E-state index contributed by atoms with van der Waals surface area (Å²) >= 11 is 0. The zero-order chi connectivity index (χ0) is 35.7. The van der Waals surface area contributed by atoms with E-state index in [1.165, 1.54) is 21.5 Å². The number of methoxy groups -OCH3 is 2. The van der Waals surface area contributed by atoms with Crippen LogP contribution in [0.25, 0.3) is 0 Å². The molecule has 0 spiro atoms. The zero-order valence-electron chi connectivity index (χ0n) is 31.9. The van der Waals surface area contributed by atoms with Crippen molar-refractivity contribution in [2.75, 3.05) is 40.6 Å². The van der Waals surface area contributed by atoms with Gasteiger partial charge in [-0.25, -0.2) is 0 Å². The number of ether oxygens (including phenoxy) is 5. The molecule has 4 unspecified atom stereocenters. The molecule has 0 amide bonds. The van der Waals surface area contributed by atoms with Crippen molar-refractivity contribution >= 4 is 26.5 Å². The van der Waals surface area contributed by atoms with E-state index >= 15 is 0 Å². The van der Waals surface area contributed by atoms with E-state index in [0.717, 1.165) is 37.2 Å². The van der Waals surface area contributed by atoms with E-state index in [1.807, 2.05) is 14.2 Å². The molecule has 4 rings (SSSR count). The Kier molecular flexibility index (Phi) is 13.6. The smallest absolute Gasteiger partial charge is 0.122 e. The van der Waals surface area contributed by atoms with Crippen LogP contribution < -0.4 is 19.8 Å². The van der Waals surface area contributed by atoms with Crippen LogP contribution in [-0.2, 0) is 25.0 Å². The van der Waals surface area contributed by atoms with Gasteiger partial charge in [0, 0.05) is 49.4 Å². The van der Waals surface area contributed by atoms with E-state index in [2.05, 4.69) is 138 Å². The molecule has 0 aliphatic heterocycles. The van der Waals surface area contributed by atoms with E-state index in [4.69, 9.17) is 23.7 Å². The van der Waals surface area contributed by atoms with E-state index < -0.39 is 16.1 Å². The average molecular weight is 703 g/mol. The molecule has 4 atom stereocenters. The van der Waals surface area contributed by atoms with E-state index in [9.17, 15) is 0 Å². The van der Waals surface area contributed by atoms with Crippen LogP contribution in [0.2, 0.25) is 39.3 Å². The van der Waals surface area contributed by atoms with E-state index in [1.54, 1.807) is 0 Å². The molecule has 268 valence electrons. The lowest BCUT2D eigenvalue weighted by molar-refractivity contribution is 0.0622. The van der Waals surface area contributed by atoms with Crippen molar-refractivity contribution in [1.29, 1.82) is 0 Å². The second-order valence-electron chi connectivity index (χ2n) is 15.4. The Balaban J connectivity index is 1.52. The molecule has 0 aromatic heterocycles. The molecule has 0 radical (unpaired) electrons. The Morgan fingerprint density at radius 1 is 0.592 bits per heavy atom. The van der Waals surface area contributed by atoms with Crippen LogP contribution in [0.15, 0.2) is 85.0 Å². The molecular formula is C42H62O5Si2. The first-order chi connectivity index (χ1) is 23.4. The van der Waals surface area contributed by atoms with Gasteiger partial charge in [0.2, 0.25) is 0 Å². The highest BCUT2D eigenvalue weighted by molar-refractivity contribution is 6.89. The van der Waals surface area contributed by atoms with Gasteiger partial charge in [-0.3, -0.25) is 0 Å². The minimum Gasteiger partial charge on any atom is -0.494 e. The SMILES string of the molecule is CCOc1c(C2(CCCOCCCC3(c4cccc([Si](C)(C)C)c4OCC)C=CC=CC3OC)C=CC=CC2OC)cccc1[Si](C)(C)C. The zero-order valence-corrected chi connectivity index (χ0v) is 33.9. The third-order valence-corrected chi connectivity index (χ3v) is 14.1. The van der Waals surface area contributed by atoms with Crippen LogP contribution in [0, 0.1) is 0 Å². The fourth-order valence-corrected chi connectivity index (χ4v) is 10.7. The summed E-state index contributed by atoms with van der Waals surface area (Å²) in [6, 6.07) is 13.4. The maximum absolute atomic E-state index is 6.46. The predicted molar refractivity (Wildman–Crippen MR) is 212 cm³/mol. The lowest BCUT2D eigenvalue weighted by Crippen LogP contribution is -2.44. The monoisotopic (exact) mass is 702 g/mol. The van der Waals surface area contributed by atoms with Crippen LogP contribution in [0.3, 0.4) is 0 Å². The Bertz CT molecular complexity index is 1390. The molecule has 2 aromatic carbocycles.